The summed E-state index contributed by atoms with van der Waals surface area (Å²) < 4.78 is 0. The van der Waals surface area contributed by atoms with Crippen LogP contribution in [-0.2, 0) is 11.3 Å². The first-order valence-corrected chi connectivity index (χ1v) is 8.90. The predicted molar refractivity (Wildman–Crippen MR) is 90.9 cm³/mol. The summed E-state index contributed by atoms with van der Waals surface area (Å²) in [5.74, 6) is 0.00202. The average Bonchev–Trinajstić information content (AvgIpc) is 2.89. The number of aliphatic hydroxyl groups excluding tert-OH is 1. The van der Waals surface area contributed by atoms with Crippen molar-refractivity contribution >= 4 is 5.91 Å². The lowest BCUT2D eigenvalue weighted by atomic mass is 10.0. The highest BCUT2D eigenvalue weighted by Gasteiger charge is 2.36. The van der Waals surface area contributed by atoms with E-state index in [1.807, 2.05) is 11.0 Å². The van der Waals surface area contributed by atoms with E-state index < -0.39 is 6.10 Å². The van der Waals surface area contributed by atoms with Gasteiger partial charge in [0, 0.05) is 32.2 Å². The first-order valence-electron chi connectivity index (χ1n) is 8.90. The Bertz CT molecular complexity index is 519. The summed E-state index contributed by atoms with van der Waals surface area (Å²) >= 11 is 0. The Morgan fingerprint density at radius 2 is 1.96 bits per heavy atom. The molecular weight excluding hydrogens is 288 g/mol. The highest BCUT2D eigenvalue weighted by Crippen LogP contribution is 2.28. The van der Waals surface area contributed by atoms with Gasteiger partial charge in [-0.3, -0.25) is 9.69 Å². The third kappa shape index (κ3) is 3.93. The molecule has 1 aliphatic carbocycles. The summed E-state index contributed by atoms with van der Waals surface area (Å²) in [6.07, 6.45) is 3.17. The zero-order valence-electron chi connectivity index (χ0n) is 14.0. The molecule has 0 bridgehead atoms. The molecule has 3 rings (SSSR count). The van der Waals surface area contributed by atoms with Gasteiger partial charge < -0.3 is 10.0 Å². The Hall–Kier alpha value is -1.39. The van der Waals surface area contributed by atoms with Crippen LogP contribution in [0.1, 0.15) is 38.2 Å². The molecule has 0 spiro atoms. The maximum atomic E-state index is 12.8. The van der Waals surface area contributed by atoms with Crippen molar-refractivity contribution in [3.8, 4) is 0 Å². The zero-order chi connectivity index (χ0) is 16.2. The van der Waals surface area contributed by atoms with Gasteiger partial charge in [-0.1, -0.05) is 30.3 Å². The predicted octanol–water partition coefficient (Wildman–Crippen LogP) is 2.27. The number of aliphatic hydroxyl groups is 1. The number of rotatable bonds is 3. The van der Waals surface area contributed by atoms with Crippen molar-refractivity contribution < 1.29 is 9.90 Å². The third-order valence-electron chi connectivity index (χ3n) is 5.26. The summed E-state index contributed by atoms with van der Waals surface area (Å²) in [6.45, 7) is 5.83. The van der Waals surface area contributed by atoms with E-state index in [-0.39, 0.29) is 17.9 Å². The molecule has 0 radical (unpaired) electrons. The highest BCUT2D eigenvalue weighted by molar-refractivity contribution is 5.80. The fraction of sp³-hybridized carbons (Fsp3) is 0.632. The van der Waals surface area contributed by atoms with E-state index >= 15 is 0 Å². The van der Waals surface area contributed by atoms with Crippen LogP contribution in [0, 0.1) is 5.92 Å². The van der Waals surface area contributed by atoms with Crippen LogP contribution in [0.15, 0.2) is 30.3 Å². The number of nitrogens with zero attached hydrogens (tertiary/aromatic N) is 2. The van der Waals surface area contributed by atoms with E-state index in [2.05, 4.69) is 36.1 Å². The Kier molecular flexibility index (Phi) is 5.34. The van der Waals surface area contributed by atoms with Crippen LogP contribution in [0.2, 0.25) is 0 Å². The first kappa shape index (κ1) is 16.5. The third-order valence-corrected chi connectivity index (χ3v) is 5.26. The quantitative estimate of drug-likeness (QED) is 0.930. The molecule has 2 aliphatic rings. The molecule has 1 saturated carbocycles. The molecule has 0 aromatic heterocycles. The van der Waals surface area contributed by atoms with E-state index in [1.54, 1.807) is 0 Å². The van der Waals surface area contributed by atoms with Crippen LogP contribution < -0.4 is 0 Å². The Labute approximate surface area is 139 Å². The van der Waals surface area contributed by atoms with Crippen LogP contribution in [0.3, 0.4) is 0 Å². The summed E-state index contributed by atoms with van der Waals surface area (Å²) in [6, 6.07) is 10.7. The van der Waals surface area contributed by atoms with Gasteiger partial charge >= 0.3 is 0 Å². The fourth-order valence-corrected chi connectivity index (χ4v) is 4.00. The molecule has 1 saturated heterocycles. The number of hydrogen-bond acceptors (Lipinski definition) is 3. The number of benzene rings is 1. The van der Waals surface area contributed by atoms with Crippen LogP contribution in [0.25, 0.3) is 0 Å². The smallest absolute Gasteiger partial charge is 0.228 e. The van der Waals surface area contributed by atoms with Crippen LogP contribution in [-0.4, -0.2) is 52.6 Å². The molecule has 1 N–H and O–H groups in total. The highest BCUT2D eigenvalue weighted by atomic mass is 16.3. The molecule has 3 atom stereocenters. The van der Waals surface area contributed by atoms with Crippen LogP contribution >= 0.6 is 0 Å². The Balaban J connectivity index is 1.61. The molecule has 2 fully saturated rings. The lowest BCUT2D eigenvalue weighted by Crippen LogP contribution is -2.46. The van der Waals surface area contributed by atoms with E-state index in [0.29, 0.717) is 0 Å². The van der Waals surface area contributed by atoms with Crippen molar-refractivity contribution in [2.24, 2.45) is 5.92 Å². The van der Waals surface area contributed by atoms with Crippen LogP contribution in [0.4, 0.5) is 0 Å². The summed E-state index contributed by atoms with van der Waals surface area (Å²) in [7, 11) is 0. The van der Waals surface area contributed by atoms with Gasteiger partial charge in [0.1, 0.15) is 0 Å². The second-order valence-electron chi connectivity index (χ2n) is 7.06. The number of hydrogen-bond donors (Lipinski definition) is 1. The summed E-state index contributed by atoms with van der Waals surface area (Å²) in [5, 5.41) is 10.0. The molecule has 1 aromatic rings. The summed E-state index contributed by atoms with van der Waals surface area (Å²) in [4.78, 5) is 17.2. The van der Waals surface area contributed by atoms with Gasteiger partial charge in [0.15, 0.2) is 0 Å². The molecule has 23 heavy (non-hydrogen) atoms. The van der Waals surface area contributed by atoms with Gasteiger partial charge in [-0.15, -0.1) is 0 Å². The maximum absolute atomic E-state index is 12.8. The zero-order valence-corrected chi connectivity index (χ0v) is 14.0. The molecule has 126 valence electrons. The molecule has 1 aliphatic heterocycles. The van der Waals surface area contributed by atoms with Gasteiger partial charge in [0.25, 0.3) is 0 Å². The molecule has 1 amide bonds. The normalized spacial score (nSPS) is 29.5. The van der Waals surface area contributed by atoms with Gasteiger partial charge in [-0.05, 0) is 38.2 Å². The second-order valence-corrected chi connectivity index (χ2v) is 7.06. The molecule has 1 aromatic carbocycles. The van der Waals surface area contributed by atoms with Crippen molar-refractivity contribution in [1.29, 1.82) is 0 Å². The van der Waals surface area contributed by atoms with E-state index in [1.165, 1.54) is 5.56 Å². The Morgan fingerprint density at radius 1 is 1.17 bits per heavy atom. The van der Waals surface area contributed by atoms with Crippen molar-refractivity contribution in [1.82, 2.24) is 9.80 Å². The van der Waals surface area contributed by atoms with Gasteiger partial charge in [0.2, 0.25) is 5.91 Å². The average molecular weight is 316 g/mol. The van der Waals surface area contributed by atoms with Crippen molar-refractivity contribution in [3.63, 3.8) is 0 Å². The van der Waals surface area contributed by atoms with E-state index in [0.717, 1.165) is 51.9 Å². The maximum Gasteiger partial charge on any atom is 0.228 e. The van der Waals surface area contributed by atoms with Gasteiger partial charge in [-0.25, -0.2) is 0 Å². The van der Waals surface area contributed by atoms with Crippen molar-refractivity contribution in [2.75, 3.05) is 19.6 Å². The largest absolute Gasteiger partial charge is 0.392 e. The van der Waals surface area contributed by atoms with Crippen molar-refractivity contribution in [3.05, 3.63) is 35.9 Å². The van der Waals surface area contributed by atoms with Crippen molar-refractivity contribution in [2.45, 2.75) is 51.3 Å². The van der Waals surface area contributed by atoms with E-state index in [4.69, 9.17) is 0 Å². The minimum absolute atomic E-state index is 0.168. The summed E-state index contributed by atoms with van der Waals surface area (Å²) in [5.41, 5.74) is 1.32. The second kappa shape index (κ2) is 7.45. The van der Waals surface area contributed by atoms with Crippen LogP contribution in [0.5, 0.6) is 0 Å². The number of amides is 1. The molecule has 4 nitrogen and oxygen atoms in total. The lowest BCUT2D eigenvalue weighted by Gasteiger charge is -2.32. The topological polar surface area (TPSA) is 43.8 Å². The fourth-order valence-electron chi connectivity index (χ4n) is 4.00. The molecule has 1 heterocycles. The lowest BCUT2D eigenvalue weighted by molar-refractivity contribution is -0.140. The van der Waals surface area contributed by atoms with Gasteiger partial charge in [0.05, 0.1) is 12.0 Å². The number of carbonyl (C=O) groups is 1. The Morgan fingerprint density at radius 3 is 2.65 bits per heavy atom. The standard InChI is InChI=1S/C19H28N2O2/c1-15-13-20(14-16-7-3-2-4-8-16)11-6-12-21(15)19(23)17-9-5-10-18(17)22/h2-4,7-8,15,17-18,22H,5-6,9-14H2,1H3. The number of carbonyl (C=O) groups excluding carboxylic acids is 1. The first-order chi connectivity index (χ1) is 11.1. The molecule has 4 heteroatoms. The SMILES string of the molecule is CC1CN(Cc2ccccc2)CCCN1C(=O)C1CCCC1O. The van der Waals surface area contributed by atoms with Gasteiger partial charge in [-0.2, -0.15) is 0 Å². The van der Waals surface area contributed by atoms with E-state index in [9.17, 15) is 9.90 Å². The minimum atomic E-state index is -0.432. The minimum Gasteiger partial charge on any atom is -0.392 e. The monoisotopic (exact) mass is 316 g/mol. The molecular formula is C19H28N2O2. The molecule has 3 unspecified atom stereocenters.